The highest BCUT2D eigenvalue weighted by Crippen LogP contribution is 2.32. The molecule has 8 nitrogen and oxygen atoms in total. The molecule has 1 aliphatic rings. The normalized spacial score (nSPS) is 12.1. The van der Waals surface area contributed by atoms with Gasteiger partial charge in [0.25, 0.3) is 11.5 Å². The predicted octanol–water partition coefficient (Wildman–Crippen LogP) is 3.55. The number of ether oxygens (including phenoxy) is 2. The average molecular weight is 475 g/mol. The van der Waals surface area contributed by atoms with E-state index in [1.165, 1.54) is 4.57 Å². The molecular formula is C25H22N4O4S. The molecule has 9 heteroatoms. The van der Waals surface area contributed by atoms with Crippen molar-refractivity contribution in [2.45, 2.75) is 13.0 Å². The van der Waals surface area contributed by atoms with Crippen molar-refractivity contribution in [1.82, 2.24) is 19.4 Å². The average Bonchev–Trinajstić information content (AvgIpc) is 3.33. The molecule has 0 saturated carbocycles. The summed E-state index contributed by atoms with van der Waals surface area (Å²) in [5.41, 5.74) is 2.58. The van der Waals surface area contributed by atoms with Crippen molar-refractivity contribution >= 4 is 29.0 Å². The summed E-state index contributed by atoms with van der Waals surface area (Å²) in [5, 5.41) is 0.460. The van der Waals surface area contributed by atoms with Gasteiger partial charge in [0.15, 0.2) is 16.3 Å². The van der Waals surface area contributed by atoms with Gasteiger partial charge in [-0.25, -0.2) is 0 Å². The van der Waals surface area contributed by atoms with E-state index < -0.39 is 0 Å². The lowest BCUT2D eigenvalue weighted by molar-refractivity contribution is 0.0796. The smallest absolute Gasteiger partial charge is 0.262 e. The SMILES string of the molecule is CN(CCc1ccccn1)C(=O)c1ccc2c(=O)n(Cc3ccc4c(c3)OCO4)c(=S)[nH]c2c1. The number of likely N-dealkylation sites (N-methyl/N-ethyl adjacent to an activating group) is 1. The molecule has 0 aliphatic carbocycles. The quantitative estimate of drug-likeness (QED) is 0.430. The van der Waals surface area contributed by atoms with Crippen LogP contribution in [0.3, 0.4) is 0 Å². The molecule has 0 radical (unpaired) electrons. The van der Waals surface area contributed by atoms with E-state index in [4.69, 9.17) is 21.7 Å². The molecule has 1 N–H and O–H groups in total. The zero-order chi connectivity index (χ0) is 23.7. The molecular weight excluding hydrogens is 452 g/mol. The molecule has 1 aliphatic heterocycles. The van der Waals surface area contributed by atoms with Crippen LogP contribution in [0.2, 0.25) is 0 Å². The van der Waals surface area contributed by atoms with Gasteiger partial charge in [0, 0.05) is 37.5 Å². The first kappa shape index (κ1) is 21.8. The van der Waals surface area contributed by atoms with Gasteiger partial charge in [-0.1, -0.05) is 12.1 Å². The molecule has 172 valence electrons. The molecule has 0 unspecified atom stereocenters. The monoisotopic (exact) mass is 474 g/mol. The fraction of sp³-hybridized carbons (Fsp3) is 0.200. The summed E-state index contributed by atoms with van der Waals surface area (Å²) in [6.07, 6.45) is 2.39. The van der Waals surface area contributed by atoms with Gasteiger partial charge in [0.05, 0.1) is 17.4 Å². The zero-order valence-electron chi connectivity index (χ0n) is 18.5. The van der Waals surface area contributed by atoms with E-state index in [-0.39, 0.29) is 29.6 Å². The van der Waals surface area contributed by atoms with E-state index in [0.717, 1.165) is 11.3 Å². The third-order valence-corrected chi connectivity index (χ3v) is 6.11. The van der Waals surface area contributed by atoms with Crippen LogP contribution >= 0.6 is 12.2 Å². The number of nitrogens with one attached hydrogen (secondary N) is 1. The number of hydrogen-bond donors (Lipinski definition) is 1. The molecule has 0 fully saturated rings. The van der Waals surface area contributed by atoms with Crippen LogP contribution in [0.4, 0.5) is 0 Å². The van der Waals surface area contributed by atoms with Crippen molar-refractivity contribution in [2.24, 2.45) is 0 Å². The highest BCUT2D eigenvalue weighted by atomic mass is 32.1. The summed E-state index contributed by atoms with van der Waals surface area (Å²) in [6.45, 7) is 1.01. The predicted molar refractivity (Wildman–Crippen MR) is 130 cm³/mol. The maximum Gasteiger partial charge on any atom is 0.262 e. The summed E-state index contributed by atoms with van der Waals surface area (Å²) >= 11 is 5.47. The first-order valence-electron chi connectivity index (χ1n) is 10.8. The minimum Gasteiger partial charge on any atom is -0.454 e. The molecule has 34 heavy (non-hydrogen) atoms. The number of carbonyl (C=O) groups excluding carboxylic acids is 1. The van der Waals surface area contributed by atoms with Gasteiger partial charge < -0.3 is 19.4 Å². The Hall–Kier alpha value is -3.98. The number of amides is 1. The summed E-state index contributed by atoms with van der Waals surface area (Å²) in [7, 11) is 1.75. The molecule has 3 heterocycles. The second kappa shape index (κ2) is 9.11. The Morgan fingerprint density at radius 3 is 2.82 bits per heavy atom. The van der Waals surface area contributed by atoms with Crippen molar-refractivity contribution in [3.8, 4) is 11.5 Å². The molecule has 0 atom stereocenters. The number of H-pyrrole nitrogens is 1. The maximum atomic E-state index is 13.2. The van der Waals surface area contributed by atoms with Crippen molar-refractivity contribution in [1.29, 1.82) is 0 Å². The van der Waals surface area contributed by atoms with Crippen LogP contribution in [-0.2, 0) is 13.0 Å². The standard InChI is InChI=1S/C25H22N4O4S/c1-28(11-9-18-4-2-3-10-26-18)23(30)17-6-7-19-20(13-17)27-25(34)29(24(19)31)14-16-5-8-21-22(12-16)33-15-32-21/h2-8,10,12-13H,9,11,14-15H2,1H3,(H,27,34). The molecule has 2 aromatic carbocycles. The Balaban J connectivity index is 1.38. The summed E-state index contributed by atoms with van der Waals surface area (Å²) in [5.74, 6) is 1.19. The number of fused-ring (bicyclic) bond motifs is 2. The van der Waals surface area contributed by atoms with Crippen LogP contribution in [-0.4, -0.2) is 45.7 Å². The van der Waals surface area contributed by atoms with Gasteiger partial charge in [-0.05, 0) is 60.2 Å². The van der Waals surface area contributed by atoms with Crippen molar-refractivity contribution < 1.29 is 14.3 Å². The lowest BCUT2D eigenvalue weighted by Gasteiger charge is -2.17. The highest BCUT2D eigenvalue weighted by Gasteiger charge is 2.16. The van der Waals surface area contributed by atoms with Crippen LogP contribution in [0, 0.1) is 4.77 Å². The number of rotatable bonds is 6. The van der Waals surface area contributed by atoms with Crippen molar-refractivity contribution in [2.75, 3.05) is 20.4 Å². The van der Waals surface area contributed by atoms with E-state index in [9.17, 15) is 9.59 Å². The van der Waals surface area contributed by atoms with E-state index in [1.54, 1.807) is 36.3 Å². The Bertz CT molecular complexity index is 1500. The minimum absolute atomic E-state index is 0.137. The number of carbonyl (C=O) groups is 1. The molecule has 0 spiro atoms. The van der Waals surface area contributed by atoms with Gasteiger partial charge in [0.2, 0.25) is 6.79 Å². The van der Waals surface area contributed by atoms with Crippen molar-refractivity contribution in [3.63, 3.8) is 0 Å². The van der Waals surface area contributed by atoms with Gasteiger partial charge in [-0.3, -0.25) is 19.1 Å². The second-order valence-electron chi connectivity index (χ2n) is 8.07. The third-order valence-electron chi connectivity index (χ3n) is 5.78. The summed E-state index contributed by atoms with van der Waals surface area (Å²) < 4.78 is 12.5. The first-order chi connectivity index (χ1) is 16.5. The molecule has 5 rings (SSSR count). The third kappa shape index (κ3) is 4.29. The van der Waals surface area contributed by atoms with E-state index in [1.807, 2.05) is 36.4 Å². The van der Waals surface area contributed by atoms with E-state index in [0.29, 0.717) is 40.9 Å². The Morgan fingerprint density at radius 1 is 1.15 bits per heavy atom. The molecule has 2 aromatic heterocycles. The Morgan fingerprint density at radius 2 is 2.00 bits per heavy atom. The second-order valence-corrected chi connectivity index (χ2v) is 8.45. The summed E-state index contributed by atoms with van der Waals surface area (Å²) in [6, 6.07) is 16.3. The van der Waals surface area contributed by atoms with Gasteiger partial charge >= 0.3 is 0 Å². The molecule has 0 bridgehead atoms. The van der Waals surface area contributed by atoms with Crippen LogP contribution < -0.4 is 15.0 Å². The lowest BCUT2D eigenvalue weighted by atomic mass is 10.1. The van der Waals surface area contributed by atoms with E-state index in [2.05, 4.69) is 9.97 Å². The van der Waals surface area contributed by atoms with Crippen LogP contribution in [0.25, 0.3) is 10.9 Å². The number of pyridine rings is 1. The van der Waals surface area contributed by atoms with Crippen LogP contribution in [0.15, 0.2) is 65.6 Å². The fourth-order valence-electron chi connectivity index (χ4n) is 3.90. The minimum atomic E-state index is -0.223. The molecule has 1 amide bonds. The lowest BCUT2D eigenvalue weighted by Crippen LogP contribution is -2.29. The molecule has 0 saturated heterocycles. The van der Waals surface area contributed by atoms with E-state index >= 15 is 0 Å². The maximum absolute atomic E-state index is 13.2. The number of aromatic nitrogens is 3. The topological polar surface area (TPSA) is 89.5 Å². The first-order valence-corrected chi connectivity index (χ1v) is 11.2. The van der Waals surface area contributed by atoms with Gasteiger partial charge in [-0.2, -0.15) is 0 Å². The fourth-order valence-corrected chi connectivity index (χ4v) is 4.16. The highest BCUT2D eigenvalue weighted by molar-refractivity contribution is 7.71. The molecule has 4 aromatic rings. The number of hydrogen-bond acceptors (Lipinski definition) is 6. The Kier molecular flexibility index (Phi) is 5.85. The van der Waals surface area contributed by atoms with Gasteiger partial charge in [0.1, 0.15) is 0 Å². The Labute approximate surface area is 200 Å². The van der Waals surface area contributed by atoms with Crippen molar-refractivity contribution in [3.05, 3.63) is 92.7 Å². The summed E-state index contributed by atoms with van der Waals surface area (Å²) in [4.78, 5) is 35.2. The van der Waals surface area contributed by atoms with Gasteiger partial charge in [-0.15, -0.1) is 0 Å². The zero-order valence-corrected chi connectivity index (χ0v) is 19.3. The van der Waals surface area contributed by atoms with Crippen LogP contribution in [0.5, 0.6) is 11.5 Å². The van der Waals surface area contributed by atoms with Crippen LogP contribution in [0.1, 0.15) is 21.6 Å². The number of aromatic amines is 1. The number of nitrogens with zero attached hydrogens (tertiary/aromatic N) is 3. The largest absolute Gasteiger partial charge is 0.454 e. The number of benzene rings is 2.